The van der Waals surface area contributed by atoms with E-state index in [-0.39, 0.29) is 0 Å². The molecule has 3 fully saturated rings. The van der Waals surface area contributed by atoms with Gasteiger partial charge in [-0.2, -0.15) is 0 Å². The number of rotatable bonds is 7. The highest BCUT2D eigenvalue weighted by Crippen LogP contribution is 2.38. The van der Waals surface area contributed by atoms with Crippen LogP contribution in [0.3, 0.4) is 0 Å². The minimum absolute atomic E-state index is 0.464. The van der Waals surface area contributed by atoms with Crippen molar-refractivity contribution in [2.45, 2.75) is 110 Å². The van der Waals surface area contributed by atoms with Crippen molar-refractivity contribution in [3.05, 3.63) is 0 Å². The Balaban J connectivity index is 1.88. The van der Waals surface area contributed by atoms with Crippen LogP contribution in [-0.2, 0) is 52.3 Å². The van der Waals surface area contributed by atoms with Crippen molar-refractivity contribution in [2.24, 2.45) is 5.92 Å². The molecule has 3 rings (SSSR count). The summed E-state index contributed by atoms with van der Waals surface area (Å²) in [4.78, 5) is 47.0. The molecular formula is C22H32O12. The maximum atomic E-state index is 11.8. The standard InChI is InChI=1S/C22H32O12/c1-7-13-15(9(3)16(27-10(4)23)20(30-13)29-12(6)25)32-21-19(28-11(5)24)18-17(14(8-2)31-21)33-22(26)34-18/h9,13-21H,7-8H2,1-6H3/t9-,13+,14+,15-,16+,17-,18-,19+,20?,21-/m0/s1. The van der Waals surface area contributed by atoms with Crippen molar-refractivity contribution < 1.29 is 57.1 Å². The van der Waals surface area contributed by atoms with E-state index in [9.17, 15) is 19.2 Å². The van der Waals surface area contributed by atoms with E-state index in [1.54, 1.807) is 6.92 Å². The molecule has 0 aromatic carbocycles. The SMILES string of the molecule is CC[C@H]1O[C@@H](O[C@H]2[C@H](C)[C@@H](OC(C)=O)C(OC(C)=O)O[C@@H]2CC)[C@H](OC(C)=O)[C@H]2OC(=O)O[C@H]21. The molecule has 0 saturated carbocycles. The highest BCUT2D eigenvalue weighted by Gasteiger charge is 2.57. The third-order valence-corrected chi connectivity index (χ3v) is 6.02. The Bertz CT molecular complexity index is 784. The van der Waals surface area contributed by atoms with Gasteiger partial charge in [-0.3, -0.25) is 14.4 Å². The lowest BCUT2D eigenvalue weighted by Gasteiger charge is -2.47. The van der Waals surface area contributed by atoms with Gasteiger partial charge >= 0.3 is 24.1 Å². The largest absolute Gasteiger partial charge is 0.509 e. The van der Waals surface area contributed by atoms with Crippen LogP contribution in [0.1, 0.15) is 54.4 Å². The van der Waals surface area contributed by atoms with Crippen LogP contribution in [-0.4, -0.2) is 79.4 Å². The molecule has 192 valence electrons. The molecule has 0 spiro atoms. The smallest absolute Gasteiger partial charge is 0.455 e. The summed E-state index contributed by atoms with van der Waals surface area (Å²) in [5.41, 5.74) is 0. The van der Waals surface area contributed by atoms with Gasteiger partial charge in [0.15, 0.2) is 30.7 Å². The first-order valence-corrected chi connectivity index (χ1v) is 11.4. The Hall–Kier alpha value is -2.44. The van der Waals surface area contributed by atoms with Crippen LogP contribution in [0.25, 0.3) is 0 Å². The number of fused-ring (bicyclic) bond motifs is 1. The van der Waals surface area contributed by atoms with Gasteiger partial charge in [-0.05, 0) is 12.8 Å². The lowest BCUT2D eigenvalue weighted by Crippen LogP contribution is -2.62. The van der Waals surface area contributed by atoms with Crippen LogP contribution < -0.4 is 0 Å². The van der Waals surface area contributed by atoms with Crippen molar-refractivity contribution in [1.29, 1.82) is 0 Å². The van der Waals surface area contributed by atoms with E-state index in [0.717, 1.165) is 0 Å². The zero-order valence-electron chi connectivity index (χ0n) is 20.1. The van der Waals surface area contributed by atoms with Gasteiger partial charge in [0.1, 0.15) is 6.10 Å². The Morgan fingerprint density at radius 2 is 1.26 bits per heavy atom. The van der Waals surface area contributed by atoms with Gasteiger partial charge in [0.25, 0.3) is 0 Å². The van der Waals surface area contributed by atoms with Crippen LogP contribution in [0, 0.1) is 5.92 Å². The van der Waals surface area contributed by atoms with Crippen LogP contribution in [0.2, 0.25) is 0 Å². The molecule has 34 heavy (non-hydrogen) atoms. The van der Waals surface area contributed by atoms with Crippen LogP contribution in [0.15, 0.2) is 0 Å². The first-order valence-electron chi connectivity index (χ1n) is 11.4. The van der Waals surface area contributed by atoms with Crippen molar-refractivity contribution in [3.8, 4) is 0 Å². The molecule has 12 nitrogen and oxygen atoms in total. The average molecular weight is 488 g/mol. The molecule has 0 amide bonds. The van der Waals surface area contributed by atoms with Gasteiger partial charge in [0.2, 0.25) is 6.29 Å². The molecule has 0 aromatic heterocycles. The summed E-state index contributed by atoms with van der Waals surface area (Å²) in [5, 5.41) is 0. The Kier molecular flexibility index (Phi) is 8.37. The van der Waals surface area contributed by atoms with Gasteiger partial charge in [-0.1, -0.05) is 20.8 Å². The maximum Gasteiger partial charge on any atom is 0.509 e. The molecule has 1 unspecified atom stereocenters. The summed E-state index contributed by atoms with van der Waals surface area (Å²) in [5.74, 6) is -2.30. The average Bonchev–Trinajstić information content (AvgIpc) is 3.14. The highest BCUT2D eigenvalue weighted by atomic mass is 16.8. The summed E-state index contributed by atoms with van der Waals surface area (Å²) in [6.45, 7) is 9.15. The predicted octanol–water partition coefficient (Wildman–Crippen LogP) is 1.61. The second kappa shape index (κ2) is 10.9. The molecule has 3 aliphatic rings. The van der Waals surface area contributed by atoms with Crippen molar-refractivity contribution in [2.75, 3.05) is 0 Å². The fourth-order valence-electron chi connectivity index (χ4n) is 4.57. The van der Waals surface area contributed by atoms with Crippen molar-refractivity contribution >= 4 is 24.1 Å². The first kappa shape index (κ1) is 26.2. The fourth-order valence-corrected chi connectivity index (χ4v) is 4.57. The van der Waals surface area contributed by atoms with Gasteiger partial charge in [0.05, 0.1) is 12.2 Å². The van der Waals surface area contributed by atoms with Crippen LogP contribution in [0.5, 0.6) is 0 Å². The number of esters is 3. The highest BCUT2D eigenvalue weighted by molar-refractivity contribution is 5.67. The molecule has 0 aromatic rings. The topological polar surface area (TPSA) is 142 Å². The normalized spacial score (nSPS) is 39.3. The van der Waals surface area contributed by atoms with Crippen molar-refractivity contribution in [1.82, 2.24) is 0 Å². The van der Waals surface area contributed by atoms with E-state index in [0.29, 0.717) is 12.8 Å². The Morgan fingerprint density at radius 1 is 0.735 bits per heavy atom. The minimum atomic E-state index is -1.13. The zero-order chi connectivity index (χ0) is 25.2. The Labute approximate surface area is 197 Å². The molecule has 0 radical (unpaired) electrons. The second-order valence-corrected chi connectivity index (χ2v) is 8.53. The lowest BCUT2D eigenvalue weighted by atomic mass is 9.88. The van der Waals surface area contributed by atoms with E-state index < -0.39 is 85.3 Å². The molecule has 0 bridgehead atoms. The number of carbonyl (C=O) groups excluding carboxylic acids is 4. The summed E-state index contributed by atoms with van der Waals surface area (Å²) in [6.07, 6.45) is -7.76. The summed E-state index contributed by atoms with van der Waals surface area (Å²) in [6, 6.07) is 0. The third-order valence-electron chi connectivity index (χ3n) is 6.02. The first-order chi connectivity index (χ1) is 16.0. The molecule has 12 heteroatoms. The molecule has 3 aliphatic heterocycles. The lowest BCUT2D eigenvalue weighted by molar-refractivity contribution is -0.338. The monoisotopic (exact) mass is 488 g/mol. The van der Waals surface area contributed by atoms with Crippen LogP contribution in [0.4, 0.5) is 4.79 Å². The molecule has 0 aliphatic carbocycles. The number of ether oxygens (including phenoxy) is 8. The van der Waals surface area contributed by atoms with Crippen LogP contribution >= 0.6 is 0 Å². The van der Waals surface area contributed by atoms with Gasteiger partial charge in [0, 0.05) is 26.7 Å². The van der Waals surface area contributed by atoms with Gasteiger partial charge in [-0.25, -0.2) is 4.79 Å². The summed E-state index contributed by atoms with van der Waals surface area (Å²) < 4.78 is 44.9. The summed E-state index contributed by atoms with van der Waals surface area (Å²) >= 11 is 0. The van der Waals surface area contributed by atoms with E-state index >= 15 is 0 Å². The fraction of sp³-hybridized carbons (Fsp3) is 0.818. The number of hydrogen-bond acceptors (Lipinski definition) is 12. The minimum Gasteiger partial charge on any atom is -0.455 e. The predicted molar refractivity (Wildman–Crippen MR) is 110 cm³/mol. The molecular weight excluding hydrogens is 456 g/mol. The molecule has 0 N–H and O–H groups in total. The van der Waals surface area contributed by atoms with E-state index in [2.05, 4.69) is 0 Å². The molecule has 3 heterocycles. The number of carbonyl (C=O) groups is 4. The zero-order valence-corrected chi connectivity index (χ0v) is 20.1. The third kappa shape index (κ3) is 5.61. The quantitative estimate of drug-likeness (QED) is 0.379. The van der Waals surface area contributed by atoms with Gasteiger partial charge in [-0.15, -0.1) is 0 Å². The Morgan fingerprint density at radius 3 is 1.82 bits per heavy atom. The van der Waals surface area contributed by atoms with Crippen molar-refractivity contribution in [3.63, 3.8) is 0 Å². The van der Waals surface area contributed by atoms with E-state index in [1.807, 2.05) is 13.8 Å². The van der Waals surface area contributed by atoms with E-state index in [1.165, 1.54) is 20.8 Å². The summed E-state index contributed by atoms with van der Waals surface area (Å²) in [7, 11) is 0. The molecule has 10 atom stereocenters. The number of hydrogen-bond donors (Lipinski definition) is 0. The van der Waals surface area contributed by atoms with Gasteiger partial charge < -0.3 is 37.9 Å². The second-order valence-electron chi connectivity index (χ2n) is 8.53. The maximum absolute atomic E-state index is 11.8. The molecule has 3 saturated heterocycles. The van der Waals surface area contributed by atoms with E-state index in [4.69, 9.17) is 37.9 Å².